The van der Waals surface area contributed by atoms with Gasteiger partial charge in [0.15, 0.2) is 0 Å². The van der Waals surface area contributed by atoms with Crippen LogP contribution in [0.4, 0.5) is 0 Å². The van der Waals surface area contributed by atoms with Gasteiger partial charge in [-0.1, -0.05) is 6.92 Å². The molecule has 0 heterocycles. The van der Waals surface area contributed by atoms with Crippen LogP contribution in [0.5, 0.6) is 0 Å². The van der Waals surface area contributed by atoms with Gasteiger partial charge in [0.1, 0.15) is 6.04 Å². The van der Waals surface area contributed by atoms with Gasteiger partial charge >= 0.3 is 0 Å². The van der Waals surface area contributed by atoms with Crippen LogP contribution in [-0.4, -0.2) is 24.1 Å². The Morgan fingerprint density at radius 2 is 2.00 bits per heavy atom. The fourth-order valence-corrected chi connectivity index (χ4v) is 0.792. The molecule has 14 heavy (non-hydrogen) atoms. The van der Waals surface area contributed by atoms with E-state index in [1.165, 1.54) is 0 Å². The van der Waals surface area contributed by atoms with Crippen molar-refractivity contribution >= 4 is 5.91 Å². The standard InChI is InChI=1S/C10H22N2O2/c1-6-10(4,5)11-9(13)8(3)12-14-7-2/h8,12H,6-7H2,1-5H3,(H,11,13). The summed E-state index contributed by atoms with van der Waals surface area (Å²) in [5.41, 5.74) is 2.51. The fourth-order valence-electron chi connectivity index (χ4n) is 0.792. The van der Waals surface area contributed by atoms with E-state index in [2.05, 4.69) is 10.8 Å². The second kappa shape index (κ2) is 5.98. The van der Waals surface area contributed by atoms with E-state index in [1.54, 1.807) is 6.92 Å². The number of rotatable bonds is 6. The quantitative estimate of drug-likeness (QED) is 0.637. The molecule has 1 atom stereocenters. The lowest BCUT2D eigenvalue weighted by atomic mass is 10.0. The predicted octanol–water partition coefficient (Wildman–Crippen LogP) is 1.22. The first-order chi connectivity index (χ1) is 6.43. The molecule has 0 aromatic carbocycles. The molecule has 0 rings (SSSR count). The predicted molar refractivity (Wildman–Crippen MR) is 56.7 cm³/mol. The Kier molecular flexibility index (Phi) is 5.72. The summed E-state index contributed by atoms with van der Waals surface area (Å²) in [5, 5.41) is 2.93. The highest BCUT2D eigenvalue weighted by Gasteiger charge is 2.21. The Morgan fingerprint density at radius 3 is 2.43 bits per heavy atom. The highest BCUT2D eigenvalue weighted by Crippen LogP contribution is 2.06. The molecule has 0 aliphatic rings. The van der Waals surface area contributed by atoms with Crippen LogP contribution in [0.15, 0.2) is 0 Å². The van der Waals surface area contributed by atoms with Crippen molar-refractivity contribution in [2.75, 3.05) is 6.61 Å². The number of hydrogen-bond donors (Lipinski definition) is 2. The highest BCUT2D eigenvalue weighted by atomic mass is 16.6. The van der Waals surface area contributed by atoms with Gasteiger partial charge in [0.25, 0.3) is 0 Å². The first-order valence-corrected chi connectivity index (χ1v) is 5.12. The van der Waals surface area contributed by atoms with Gasteiger partial charge in [0, 0.05) is 5.54 Å². The molecule has 1 amide bonds. The molecular formula is C10H22N2O2. The number of carbonyl (C=O) groups is 1. The zero-order valence-corrected chi connectivity index (χ0v) is 9.81. The van der Waals surface area contributed by atoms with Crippen molar-refractivity contribution in [3.05, 3.63) is 0 Å². The first kappa shape index (κ1) is 13.4. The van der Waals surface area contributed by atoms with Crippen LogP contribution < -0.4 is 10.8 Å². The van der Waals surface area contributed by atoms with Crippen LogP contribution in [0.3, 0.4) is 0 Å². The van der Waals surface area contributed by atoms with E-state index >= 15 is 0 Å². The lowest BCUT2D eigenvalue weighted by molar-refractivity contribution is -0.128. The van der Waals surface area contributed by atoms with Crippen molar-refractivity contribution in [3.8, 4) is 0 Å². The minimum absolute atomic E-state index is 0.0368. The molecule has 0 fully saturated rings. The summed E-state index contributed by atoms with van der Waals surface area (Å²) in [6.07, 6.45) is 0.903. The number of nitrogens with one attached hydrogen (secondary N) is 2. The van der Waals surface area contributed by atoms with E-state index < -0.39 is 0 Å². The third-order valence-corrected chi connectivity index (χ3v) is 2.14. The zero-order chi connectivity index (χ0) is 11.2. The molecule has 0 aromatic rings. The maximum absolute atomic E-state index is 11.6. The van der Waals surface area contributed by atoms with Crippen LogP contribution >= 0.6 is 0 Å². The topological polar surface area (TPSA) is 50.4 Å². The third-order valence-electron chi connectivity index (χ3n) is 2.14. The highest BCUT2D eigenvalue weighted by molar-refractivity contribution is 5.81. The molecular weight excluding hydrogens is 180 g/mol. The molecule has 0 aliphatic heterocycles. The largest absolute Gasteiger partial charge is 0.350 e. The zero-order valence-electron chi connectivity index (χ0n) is 9.81. The molecule has 0 saturated heterocycles. The number of hydroxylamine groups is 1. The van der Waals surface area contributed by atoms with Crippen LogP contribution in [0.1, 0.15) is 41.0 Å². The Balaban J connectivity index is 3.95. The Morgan fingerprint density at radius 1 is 1.43 bits per heavy atom. The molecule has 84 valence electrons. The van der Waals surface area contributed by atoms with Gasteiger partial charge in [-0.3, -0.25) is 4.79 Å². The summed E-state index contributed by atoms with van der Waals surface area (Å²) in [5.74, 6) is -0.0368. The van der Waals surface area contributed by atoms with Gasteiger partial charge in [-0.05, 0) is 34.1 Å². The summed E-state index contributed by atoms with van der Waals surface area (Å²) >= 11 is 0. The van der Waals surface area contributed by atoms with Gasteiger partial charge < -0.3 is 10.2 Å². The molecule has 0 bridgehead atoms. The summed E-state index contributed by atoms with van der Waals surface area (Å²) in [7, 11) is 0. The second-order valence-electron chi connectivity index (χ2n) is 4.00. The Labute approximate surface area is 86.4 Å². The molecule has 0 spiro atoms. The molecule has 4 nitrogen and oxygen atoms in total. The second-order valence-corrected chi connectivity index (χ2v) is 4.00. The molecule has 0 aliphatic carbocycles. The lowest BCUT2D eigenvalue weighted by Gasteiger charge is -2.26. The molecule has 4 heteroatoms. The van der Waals surface area contributed by atoms with Crippen molar-refractivity contribution < 1.29 is 9.63 Å². The maximum atomic E-state index is 11.6. The van der Waals surface area contributed by atoms with E-state index in [4.69, 9.17) is 4.84 Å². The van der Waals surface area contributed by atoms with Crippen LogP contribution in [0, 0.1) is 0 Å². The summed E-state index contributed by atoms with van der Waals surface area (Å²) in [4.78, 5) is 16.5. The number of hydrogen-bond acceptors (Lipinski definition) is 3. The van der Waals surface area contributed by atoms with Gasteiger partial charge in [0.2, 0.25) is 5.91 Å². The number of carbonyl (C=O) groups excluding carboxylic acids is 1. The van der Waals surface area contributed by atoms with Gasteiger partial charge in [0.05, 0.1) is 6.61 Å². The van der Waals surface area contributed by atoms with E-state index in [0.717, 1.165) is 6.42 Å². The van der Waals surface area contributed by atoms with Crippen molar-refractivity contribution in [2.24, 2.45) is 0 Å². The first-order valence-electron chi connectivity index (χ1n) is 5.12. The van der Waals surface area contributed by atoms with Crippen LogP contribution in [-0.2, 0) is 9.63 Å². The van der Waals surface area contributed by atoms with Gasteiger partial charge in [-0.2, -0.15) is 5.48 Å². The van der Waals surface area contributed by atoms with Crippen molar-refractivity contribution in [1.82, 2.24) is 10.8 Å². The third kappa shape index (κ3) is 5.19. The van der Waals surface area contributed by atoms with Crippen molar-refractivity contribution in [2.45, 2.75) is 52.6 Å². The summed E-state index contributed by atoms with van der Waals surface area (Å²) in [6.45, 7) is 10.2. The summed E-state index contributed by atoms with van der Waals surface area (Å²) < 4.78 is 0. The maximum Gasteiger partial charge on any atom is 0.239 e. The van der Waals surface area contributed by atoms with E-state index in [1.807, 2.05) is 27.7 Å². The molecule has 0 radical (unpaired) electrons. The van der Waals surface area contributed by atoms with E-state index in [-0.39, 0.29) is 17.5 Å². The average molecular weight is 202 g/mol. The lowest BCUT2D eigenvalue weighted by Crippen LogP contribution is -2.50. The Hall–Kier alpha value is -0.610. The molecule has 0 saturated carbocycles. The van der Waals surface area contributed by atoms with E-state index in [9.17, 15) is 4.79 Å². The summed E-state index contributed by atoms with van der Waals surface area (Å²) in [6, 6.07) is -0.319. The average Bonchev–Trinajstić information content (AvgIpc) is 2.13. The SMILES string of the molecule is CCONC(C)C(=O)NC(C)(C)CC. The van der Waals surface area contributed by atoms with Crippen LogP contribution in [0.2, 0.25) is 0 Å². The van der Waals surface area contributed by atoms with Crippen LogP contribution in [0.25, 0.3) is 0 Å². The molecule has 1 unspecified atom stereocenters. The van der Waals surface area contributed by atoms with Crippen molar-refractivity contribution in [3.63, 3.8) is 0 Å². The monoisotopic (exact) mass is 202 g/mol. The normalized spacial score (nSPS) is 13.8. The minimum atomic E-state index is -0.319. The van der Waals surface area contributed by atoms with Crippen molar-refractivity contribution in [1.29, 1.82) is 0 Å². The molecule has 0 aromatic heterocycles. The minimum Gasteiger partial charge on any atom is -0.350 e. The van der Waals surface area contributed by atoms with E-state index in [0.29, 0.717) is 6.61 Å². The van der Waals surface area contributed by atoms with Gasteiger partial charge in [-0.25, -0.2) is 0 Å². The number of amides is 1. The smallest absolute Gasteiger partial charge is 0.239 e. The Bertz CT molecular complexity index is 181. The van der Waals surface area contributed by atoms with Gasteiger partial charge in [-0.15, -0.1) is 0 Å². The fraction of sp³-hybridized carbons (Fsp3) is 0.900. The molecule has 2 N–H and O–H groups in total.